The van der Waals surface area contributed by atoms with Gasteiger partial charge in [-0.1, -0.05) is 36.4 Å². The summed E-state index contributed by atoms with van der Waals surface area (Å²) in [6.07, 6.45) is 0. The van der Waals surface area contributed by atoms with Crippen molar-refractivity contribution in [1.82, 2.24) is 10.2 Å². The van der Waals surface area contributed by atoms with Crippen molar-refractivity contribution in [3.63, 3.8) is 0 Å². The Labute approximate surface area is 123 Å². The Kier molecular flexibility index (Phi) is 3.36. The molecule has 3 N–H and O–H groups in total. The highest BCUT2D eigenvalue weighted by Gasteiger charge is 2.16. The maximum Gasteiger partial charge on any atom is 0.153 e. The third kappa shape index (κ3) is 2.36. The van der Waals surface area contributed by atoms with E-state index in [1.807, 2.05) is 36.4 Å². The molecule has 4 heteroatoms. The highest BCUT2D eigenvalue weighted by atomic mass is 16.5. The minimum absolute atomic E-state index is 0.488. The van der Waals surface area contributed by atoms with E-state index in [0.29, 0.717) is 5.82 Å². The Morgan fingerprint density at radius 2 is 1.90 bits per heavy atom. The molecule has 0 spiro atoms. The van der Waals surface area contributed by atoms with Crippen molar-refractivity contribution in [3.8, 4) is 28.1 Å². The maximum atomic E-state index is 6.07. The zero-order chi connectivity index (χ0) is 14.8. The molecule has 3 aromatic rings. The van der Waals surface area contributed by atoms with Crippen LogP contribution >= 0.6 is 0 Å². The average molecular weight is 279 g/mol. The lowest BCUT2D eigenvalue weighted by Gasteiger charge is -2.08. The second-order valence-corrected chi connectivity index (χ2v) is 4.91. The number of hydrogen-bond acceptors (Lipinski definition) is 3. The lowest BCUT2D eigenvalue weighted by molar-refractivity contribution is 0.415. The van der Waals surface area contributed by atoms with Gasteiger partial charge in [0.05, 0.1) is 18.4 Å². The molecule has 0 aliphatic carbocycles. The van der Waals surface area contributed by atoms with Crippen LogP contribution in [0.4, 0.5) is 5.82 Å². The van der Waals surface area contributed by atoms with Crippen LogP contribution in [0, 0.1) is 6.92 Å². The molecule has 0 radical (unpaired) electrons. The molecule has 0 aliphatic heterocycles. The molecule has 0 saturated heterocycles. The van der Waals surface area contributed by atoms with E-state index < -0.39 is 0 Å². The van der Waals surface area contributed by atoms with Crippen molar-refractivity contribution >= 4 is 5.82 Å². The number of methoxy groups -OCH3 is 1. The summed E-state index contributed by atoms with van der Waals surface area (Å²) >= 11 is 0. The number of aryl methyl sites for hydroxylation is 1. The number of ether oxygens (including phenoxy) is 1. The molecule has 0 saturated carbocycles. The summed E-state index contributed by atoms with van der Waals surface area (Å²) in [5.41, 5.74) is 11.2. The molecule has 0 atom stereocenters. The van der Waals surface area contributed by atoms with Crippen LogP contribution in [0.25, 0.3) is 22.4 Å². The van der Waals surface area contributed by atoms with E-state index in [4.69, 9.17) is 10.5 Å². The van der Waals surface area contributed by atoms with Crippen molar-refractivity contribution in [3.05, 3.63) is 54.1 Å². The van der Waals surface area contributed by atoms with Crippen LogP contribution in [-0.2, 0) is 0 Å². The Morgan fingerprint density at radius 1 is 1.10 bits per heavy atom. The Balaban J connectivity index is 2.20. The van der Waals surface area contributed by atoms with Crippen molar-refractivity contribution in [2.24, 2.45) is 0 Å². The van der Waals surface area contributed by atoms with Gasteiger partial charge in [-0.25, -0.2) is 0 Å². The van der Waals surface area contributed by atoms with Gasteiger partial charge < -0.3 is 10.5 Å². The lowest BCUT2D eigenvalue weighted by atomic mass is 9.98. The highest BCUT2D eigenvalue weighted by molar-refractivity contribution is 5.89. The molecule has 0 amide bonds. The number of benzene rings is 2. The Bertz CT molecular complexity index is 777. The first-order valence-corrected chi connectivity index (χ1v) is 6.75. The fourth-order valence-corrected chi connectivity index (χ4v) is 2.48. The third-order valence-electron chi connectivity index (χ3n) is 3.57. The van der Waals surface area contributed by atoms with E-state index in [-0.39, 0.29) is 0 Å². The van der Waals surface area contributed by atoms with Crippen molar-refractivity contribution in [2.75, 3.05) is 12.8 Å². The summed E-state index contributed by atoms with van der Waals surface area (Å²) in [4.78, 5) is 0. The fourth-order valence-electron chi connectivity index (χ4n) is 2.48. The van der Waals surface area contributed by atoms with Crippen molar-refractivity contribution < 1.29 is 4.74 Å². The van der Waals surface area contributed by atoms with Crippen LogP contribution in [0.1, 0.15) is 5.56 Å². The zero-order valence-electron chi connectivity index (χ0n) is 12.1. The van der Waals surface area contributed by atoms with E-state index in [1.54, 1.807) is 7.11 Å². The number of nitrogens with zero attached hydrogens (tertiary/aromatic N) is 1. The number of anilines is 1. The predicted molar refractivity (Wildman–Crippen MR) is 85.2 cm³/mol. The largest absolute Gasteiger partial charge is 0.497 e. The first-order chi connectivity index (χ1) is 10.2. The smallest absolute Gasteiger partial charge is 0.153 e. The molecule has 0 fully saturated rings. The van der Waals surface area contributed by atoms with Gasteiger partial charge in [-0.2, -0.15) is 5.10 Å². The SMILES string of the molecule is COc1cccc(-c2c(N)n[nH]c2-c2ccccc2C)c1. The standard InChI is InChI=1S/C17H17N3O/c1-11-6-3-4-9-14(11)16-15(17(18)20-19-16)12-7-5-8-13(10-12)21-2/h3-10H,1-2H3,(H3,18,19,20). The molecule has 21 heavy (non-hydrogen) atoms. The quantitative estimate of drug-likeness (QED) is 0.769. The number of nitrogen functional groups attached to an aromatic ring is 1. The first kappa shape index (κ1) is 13.2. The number of hydrogen-bond donors (Lipinski definition) is 2. The zero-order valence-corrected chi connectivity index (χ0v) is 12.1. The van der Waals surface area contributed by atoms with Crippen LogP contribution in [0.3, 0.4) is 0 Å². The molecule has 0 aliphatic rings. The molecule has 106 valence electrons. The monoisotopic (exact) mass is 279 g/mol. The summed E-state index contributed by atoms with van der Waals surface area (Å²) in [6, 6.07) is 16.0. The molecule has 1 heterocycles. The minimum Gasteiger partial charge on any atom is -0.497 e. The Morgan fingerprint density at radius 3 is 2.67 bits per heavy atom. The third-order valence-corrected chi connectivity index (χ3v) is 3.57. The van der Waals surface area contributed by atoms with Gasteiger partial charge in [0.25, 0.3) is 0 Å². The van der Waals surface area contributed by atoms with Crippen LogP contribution < -0.4 is 10.5 Å². The number of rotatable bonds is 3. The second kappa shape index (κ2) is 5.32. The van der Waals surface area contributed by atoms with Crippen LogP contribution in [-0.4, -0.2) is 17.3 Å². The van der Waals surface area contributed by atoms with E-state index in [9.17, 15) is 0 Å². The number of nitrogens with two attached hydrogens (primary N) is 1. The summed E-state index contributed by atoms with van der Waals surface area (Å²) in [6.45, 7) is 2.07. The van der Waals surface area contributed by atoms with Gasteiger partial charge in [0, 0.05) is 5.56 Å². The second-order valence-electron chi connectivity index (χ2n) is 4.91. The normalized spacial score (nSPS) is 10.6. The number of aromatic amines is 1. The van der Waals surface area contributed by atoms with E-state index in [2.05, 4.69) is 29.3 Å². The van der Waals surface area contributed by atoms with Gasteiger partial charge in [0.2, 0.25) is 0 Å². The van der Waals surface area contributed by atoms with Gasteiger partial charge in [-0.15, -0.1) is 0 Å². The molecule has 2 aromatic carbocycles. The van der Waals surface area contributed by atoms with Crippen LogP contribution in [0.5, 0.6) is 5.75 Å². The van der Waals surface area contributed by atoms with Gasteiger partial charge in [0.15, 0.2) is 5.82 Å². The van der Waals surface area contributed by atoms with Gasteiger partial charge >= 0.3 is 0 Å². The minimum atomic E-state index is 0.488. The number of aromatic nitrogens is 2. The maximum absolute atomic E-state index is 6.07. The summed E-state index contributed by atoms with van der Waals surface area (Å²) in [5.74, 6) is 1.28. The van der Waals surface area contributed by atoms with Gasteiger partial charge in [-0.3, -0.25) is 5.10 Å². The van der Waals surface area contributed by atoms with Crippen LogP contribution in [0.15, 0.2) is 48.5 Å². The molecular weight excluding hydrogens is 262 g/mol. The molecule has 4 nitrogen and oxygen atoms in total. The van der Waals surface area contributed by atoms with E-state index >= 15 is 0 Å². The Hall–Kier alpha value is -2.75. The first-order valence-electron chi connectivity index (χ1n) is 6.75. The molecule has 0 unspecified atom stereocenters. The van der Waals surface area contributed by atoms with E-state index in [0.717, 1.165) is 28.1 Å². The molecule has 3 rings (SSSR count). The van der Waals surface area contributed by atoms with Crippen molar-refractivity contribution in [2.45, 2.75) is 6.92 Å². The number of nitrogens with one attached hydrogen (secondary N) is 1. The molecule has 1 aromatic heterocycles. The molecule has 0 bridgehead atoms. The predicted octanol–water partition coefficient (Wildman–Crippen LogP) is 3.64. The van der Waals surface area contributed by atoms with Gasteiger partial charge in [0.1, 0.15) is 5.75 Å². The van der Waals surface area contributed by atoms with Crippen LogP contribution in [0.2, 0.25) is 0 Å². The van der Waals surface area contributed by atoms with E-state index in [1.165, 1.54) is 5.56 Å². The topological polar surface area (TPSA) is 63.9 Å². The summed E-state index contributed by atoms with van der Waals surface area (Å²) in [5, 5.41) is 7.23. The number of H-pyrrole nitrogens is 1. The van der Waals surface area contributed by atoms with Gasteiger partial charge in [-0.05, 0) is 30.2 Å². The summed E-state index contributed by atoms with van der Waals surface area (Å²) in [7, 11) is 1.65. The lowest BCUT2D eigenvalue weighted by Crippen LogP contribution is -1.91. The summed E-state index contributed by atoms with van der Waals surface area (Å²) < 4.78 is 5.29. The highest BCUT2D eigenvalue weighted by Crippen LogP contribution is 2.37. The fraction of sp³-hybridized carbons (Fsp3) is 0.118. The average Bonchev–Trinajstić information content (AvgIpc) is 2.89. The van der Waals surface area contributed by atoms with Crippen molar-refractivity contribution in [1.29, 1.82) is 0 Å². The molecular formula is C17H17N3O.